The van der Waals surface area contributed by atoms with Gasteiger partial charge in [-0.15, -0.1) is 0 Å². The second kappa shape index (κ2) is 3.79. The van der Waals surface area contributed by atoms with Crippen molar-refractivity contribution < 1.29 is 0 Å². The fourth-order valence-corrected chi connectivity index (χ4v) is 1.89. The van der Waals surface area contributed by atoms with E-state index in [9.17, 15) is 0 Å². The summed E-state index contributed by atoms with van der Waals surface area (Å²) in [6, 6.07) is 0. The first kappa shape index (κ1) is 9.37. The third-order valence-electron chi connectivity index (χ3n) is 2.63. The van der Waals surface area contributed by atoms with E-state index < -0.39 is 0 Å². The molecule has 0 saturated heterocycles. The first-order chi connectivity index (χ1) is 5.74. The molecule has 1 rings (SSSR count). The van der Waals surface area contributed by atoms with Gasteiger partial charge < -0.3 is 4.98 Å². The first-order valence-electron chi connectivity index (χ1n) is 4.93. The molecule has 0 fully saturated rings. The van der Waals surface area contributed by atoms with E-state index >= 15 is 0 Å². The highest BCUT2D eigenvalue weighted by Gasteiger charge is 2.08. The lowest BCUT2D eigenvalue weighted by Crippen LogP contribution is -1.87. The summed E-state index contributed by atoms with van der Waals surface area (Å²) in [6.45, 7) is 8.88. The summed E-state index contributed by atoms with van der Waals surface area (Å²) in [4.78, 5) is 3.50. The van der Waals surface area contributed by atoms with Crippen LogP contribution in [0.4, 0.5) is 0 Å². The summed E-state index contributed by atoms with van der Waals surface area (Å²) in [7, 11) is 0. The van der Waals surface area contributed by atoms with Gasteiger partial charge in [0.25, 0.3) is 0 Å². The van der Waals surface area contributed by atoms with Crippen LogP contribution in [0.2, 0.25) is 0 Å². The molecule has 1 aromatic heterocycles. The van der Waals surface area contributed by atoms with Crippen LogP contribution in [0, 0.1) is 6.92 Å². The summed E-state index contributed by atoms with van der Waals surface area (Å²) in [5.41, 5.74) is 5.88. The smallest absolute Gasteiger partial charge is 0.0181 e. The van der Waals surface area contributed by atoms with Gasteiger partial charge >= 0.3 is 0 Å². The minimum Gasteiger partial charge on any atom is -0.362 e. The van der Waals surface area contributed by atoms with Crippen molar-refractivity contribution in [3.05, 3.63) is 22.5 Å². The van der Waals surface area contributed by atoms with E-state index in [-0.39, 0.29) is 0 Å². The molecule has 0 bridgehead atoms. The molecule has 0 radical (unpaired) electrons. The Morgan fingerprint density at radius 3 is 1.83 bits per heavy atom. The van der Waals surface area contributed by atoms with Crippen LogP contribution < -0.4 is 0 Å². The SMILES string of the molecule is CCc1[nH]c(CC)c(CC)c1C. The average molecular weight is 165 g/mol. The predicted molar refractivity (Wildman–Crippen MR) is 53.7 cm³/mol. The molecule has 0 aliphatic rings. The Hall–Kier alpha value is -0.720. The van der Waals surface area contributed by atoms with E-state index in [0.717, 1.165) is 19.3 Å². The van der Waals surface area contributed by atoms with Crippen molar-refractivity contribution in [2.24, 2.45) is 0 Å². The summed E-state index contributed by atoms with van der Waals surface area (Å²) in [5, 5.41) is 0. The van der Waals surface area contributed by atoms with Gasteiger partial charge in [-0.3, -0.25) is 0 Å². The van der Waals surface area contributed by atoms with Crippen molar-refractivity contribution in [2.75, 3.05) is 0 Å². The van der Waals surface area contributed by atoms with Gasteiger partial charge in [0.1, 0.15) is 0 Å². The van der Waals surface area contributed by atoms with E-state index in [4.69, 9.17) is 0 Å². The fourth-order valence-electron chi connectivity index (χ4n) is 1.89. The van der Waals surface area contributed by atoms with E-state index in [0.29, 0.717) is 0 Å². The van der Waals surface area contributed by atoms with Crippen molar-refractivity contribution in [1.82, 2.24) is 4.98 Å². The molecule has 1 aromatic rings. The highest BCUT2D eigenvalue weighted by atomic mass is 14.7. The van der Waals surface area contributed by atoms with Crippen LogP contribution in [0.1, 0.15) is 43.3 Å². The summed E-state index contributed by atoms with van der Waals surface area (Å²) in [5.74, 6) is 0. The molecule has 0 aromatic carbocycles. The van der Waals surface area contributed by atoms with Gasteiger partial charge in [0.15, 0.2) is 0 Å². The molecule has 1 nitrogen and oxygen atoms in total. The molecular weight excluding hydrogens is 146 g/mol. The van der Waals surface area contributed by atoms with Gasteiger partial charge in [0, 0.05) is 11.4 Å². The zero-order valence-electron chi connectivity index (χ0n) is 8.62. The molecule has 12 heavy (non-hydrogen) atoms. The number of hydrogen-bond donors (Lipinski definition) is 1. The van der Waals surface area contributed by atoms with Crippen LogP contribution >= 0.6 is 0 Å². The van der Waals surface area contributed by atoms with Gasteiger partial charge in [0.05, 0.1) is 0 Å². The molecule has 68 valence electrons. The third-order valence-corrected chi connectivity index (χ3v) is 2.63. The topological polar surface area (TPSA) is 15.8 Å². The molecule has 0 saturated carbocycles. The van der Waals surface area contributed by atoms with Crippen molar-refractivity contribution in [3.63, 3.8) is 0 Å². The minimum atomic E-state index is 1.12. The van der Waals surface area contributed by atoms with Crippen LogP contribution in [0.25, 0.3) is 0 Å². The highest BCUT2D eigenvalue weighted by molar-refractivity contribution is 5.36. The van der Waals surface area contributed by atoms with Crippen LogP contribution in [0.15, 0.2) is 0 Å². The second-order valence-electron chi connectivity index (χ2n) is 3.25. The van der Waals surface area contributed by atoms with Crippen LogP contribution in [-0.2, 0) is 19.3 Å². The summed E-state index contributed by atoms with van der Waals surface area (Å²) >= 11 is 0. The zero-order chi connectivity index (χ0) is 9.14. The Bertz CT molecular complexity index is 258. The molecule has 0 unspecified atom stereocenters. The van der Waals surface area contributed by atoms with E-state index in [1.54, 1.807) is 0 Å². The number of aromatic nitrogens is 1. The molecule has 0 aliphatic carbocycles. The van der Waals surface area contributed by atoms with Crippen molar-refractivity contribution >= 4 is 0 Å². The second-order valence-corrected chi connectivity index (χ2v) is 3.25. The Balaban J connectivity index is 3.13. The van der Waals surface area contributed by atoms with Crippen molar-refractivity contribution in [1.29, 1.82) is 0 Å². The monoisotopic (exact) mass is 165 g/mol. The Kier molecular flexibility index (Phi) is 2.96. The number of aromatic amines is 1. The molecular formula is C11H19N. The lowest BCUT2D eigenvalue weighted by molar-refractivity contribution is 0.973. The zero-order valence-corrected chi connectivity index (χ0v) is 8.62. The normalized spacial score (nSPS) is 10.7. The summed E-state index contributed by atoms with van der Waals surface area (Å²) in [6.07, 6.45) is 3.41. The number of rotatable bonds is 3. The molecule has 1 heteroatoms. The lowest BCUT2D eigenvalue weighted by atomic mass is 10.1. The van der Waals surface area contributed by atoms with Crippen LogP contribution in [0.3, 0.4) is 0 Å². The molecule has 0 spiro atoms. The van der Waals surface area contributed by atoms with E-state index in [2.05, 4.69) is 32.7 Å². The standard InChI is InChI=1S/C11H19N/c1-5-9-8(4)10(6-2)12-11(9)7-3/h12H,5-7H2,1-4H3. The van der Waals surface area contributed by atoms with Gasteiger partial charge in [-0.25, -0.2) is 0 Å². The quantitative estimate of drug-likeness (QED) is 0.708. The molecule has 1 N–H and O–H groups in total. The predicted octanol–water partition coefficient (Wildman–Crippen LogP) is 3.01. The van der Waals surface area contributed by atoms with Gasteiger partial charge in [-0.1, -0.05) is 20.8 Å². The number of aryl methyl sites for hydroxylation is 2. The van der Waals surface area contributed by atoms with E-state index in [1.165, 1.54) is 22.5 Å². The molecule has 0 atom stereocenters. The number of H-pyrrole nitrogens is 1. The first-order valence-corrected chi connectivity index (χ1v) is 4.93. The largest absolute Gasteiger partial charge is 0.362 e. The lowest BCUT2D eigenvalue weighted by Gasteiger charge is -1.97. The third kappa shape index (κ3) is 1.40. The molecule has 0 aliphatic heterocycles. The van der Waals surface area contributed by atoms with E-state index in [1.807, 2.05) is 0 Å². The van der Waals surface area contributed by atoms with Crippen LogP contribution in [-0.4, -0.2) is 4.98 Å². The van der Waals surface area contributed by atoms with Gasteiger partial charge in [0.2, 0.25) is 0 Å². The Morgan fingerprint density at radius 2 is 1.50 bits per heavy atom. The minimum absolute atomic E-state index is 1.12. The van der Waals surface area contributed by atoms with Crippen molar-refractivity contribution in [2.45, 2.75) is 47.0 Å². The summed E-state index contributed by atoms with van der Waals surface area (Å²) < 4.78 is 0. The molecule has 0 amide bonds. The van der Waals surface area contributed by atoms with Gasteiger partial charge in [-0.2, -0.15) is 0 Å². The average Bonchev–Trinajstić information content (AvgIpc) is 2.41. The number of hydrogen-bond acceptors (Lipinski definition) is 0. The maximum absolute atomic E-state index is 3.50. The number of nitrogens with one attached hydrogen (secondary N) is 1. The Morgan fingerprint density at radius 1 is 0.917 bits per heavy atom. The van der Waals surface area contributed by atoms with Crippen molar-refractivity contribution in [3.8, 4) is 0 Å². The Labute approximate surface area is 75.2 Å². The highest BCUT2D eigenvalue weighted by Crippen LogP contribution is 2.19. The maximum Gasteiger partial charge on any atom is 0.0181 e. The maximum atomic E-state index is 3.50. The van der Waals surface area contributed by atoms with Gasteiger partial charge in [-0.05, 0) is 37.3 Å². The fraction of sp³-hybridized carbons (Fsp3) is 0.636. The molecule has 1 heterocycles. The van der Waals surface area contributed by atoms with Crippen LogP contribution in [0.5, 0.6) is 0 Å².